The first-order valence-corrected chi connectivity index (χ1v) is 5.76. The van der Waals surface area contributed by atoms with Crippen molar-refractivity contribution in [2.24, 2.45) is 0 Å². The number of aromatic nitrogens is 1. The number of pyridine rings is 1. The summed E-state index contributed by atoms with van der Waals surface area (Å²) in [7, 11) is 1.87. The molecule has 1 fully saturated rings. The average Bonchev–Trinajstić information content (AvgIpc) is 2.32. The minimum absolute atomic E-state index is 0.0551. The van der Waals surface area contributed by atoms with Gasteiger partial charge in [0.1, 0.15) is 0 Å². The van der Waals surface area contributed by atoms with E-state index in [2.05, 4.69) is 11.6 Å². The summed E-state index contributed by atoms with van der Waals surface area (Å²) in [4.78, 5) is 19.7. The Balaban J connectivity index is 2.12. The predicted molar refractivity (Wildman–Crippen MR) is 66.4 cm³/mol. The van der Waals surface area contributed by atoms with Gasteiger partial charge in [-0.25, -0.2) is 0 Å². The van der Waals surface area contributed by atoms with Gasteiger partial charge >= 0.3 is 0 Å². The number of amides is 1. The van der Waals surface area contributed by atoms with E-state index in [0.717, 1.165) is 12.2 Å². The summed E-state index contributed by atoms with van der Waals surface area (Å²) in [6, 6.07) is 3.55. The molecule has 0 radical (unpaired) electrons. The molecule has 0 aromatic carbocycles. The van der Waals surface area contributed by atoms with E-state index in [-0.39, 0.29) is 5.91 Å². The molecule has 0 aliphatic carbocycles. The molecular weight excluding hydrogens is 238 g/mol. The fourth-order valence-corrected chi connectivity index (χ4v) is 1.90. The highest BCUT2D eigenvalue weighted by molar-refractivity contribution is 6.31. The van der Waals surface area contributed by atoms with Crippen LogP contribution in [0.3, 0.4) is 0 Å². The molecular formula is C12H14ClN3O. The smallest absolute Gasteiger partial charge is 0.269 e. The van der Waals surface area contributed by atoms with Crippen molar-refractivity contribution in [3.8, 4) is 0 Å². The first-order valence-electron chi connectivity index (χ1n) is 5.38. The molecule has 2 rings (SSSR count). The molecule has 1 aliphatic heterocycles. The molecule has 1 saturated heterocycles. The fourth-order valence-electron chi connectivity index (χ4n) is 1.72. The Hall–Kier alpha value is -1.55. The van der Waals surface area contributed by atoms with Crippen LogP contribution < -0.4 is 0 Å². The van der Waals surface area contributed by atoms with Gasteiger partial charge in [-0.3, -0.25) is 9.78 Å². The molecule has 1 amide bonds. The van der Waals surface area contributed by atoms with Crippen LogP contribution in [0.15, 0.2) is 30.6 Å². The van der Waals surface area contributed by atoms with E-state index in [1.54, 1.807) is 23.2 Å². The molecule has 4 nitrogen and oxygen atoms in total. The van der Waals surface area contributed by atoms with Crippen molar-refractivity contribution in [1.82, 2.24) is 14.8 Å². The summed E-state index contributed by atoms with van der Waals surface area (Å²) in [5.41, 5.74) is 1.24. The molecule has 1 aromatic rings. The molecule has 90 valence electrons. The molecule has 1 aromatic heterocycles. The monoisotopic (exact) mass is 251 g/mol. The number of piperazine rings is 1. The van der Waals surface area contributed by atoms with E-state index in [0.29, 0.717) is 23.8 Å². The van der Waals surface area contributed by atoms with E-state index in [1.807, 2.05) is 11.9 Å². The van der Waals surface area contributed by atoms with E-state index < -0.39 is 0 Å². The average molecular weight is 252 g/mol. The van der Waals surface area contributed by atoms with E-state index in [9.17, 15) is 4.79 Å². The van der Waals surface area contributed by atoms with Gasteiger partial charge in [0, 0.05) is 26.3 Å². The van der Waals surface area contributed by atoms with Crippen LogP contribution in [0.5, 0.6) is 0 Å². The minimum Gasteiger partial charge on any atom is -0.369 e. The maximum Gasteiger partial charge on any atom is 0.269 e. The standard InChI is InChI=1S/C12H14ClN3O/c1-9-12(17)16(7-6-15(9)2)8-11-10(13)4-3-5-14-11/h3-5H,1,6-8H2,2H3. The summed E-state index contributed by atoms with van der Waals surface area (Å²) in [5, 5.41) is 0.588. The van der Waals surface area contributed by atoms with Crippen LogP contribution in [0.25, 0.3) is 0 Å². The Morgan fingerprint density at radius 3 is 3.00 bits per heavy atom. The zero-order valence-electron chi connectivity index (χ0n) is 9.69. The Labute approximate surface area is 105 Å². The maximum atomic E-state index is 12.0. The highest BCUT2D eigenvalue weighted by Gasteiger charge is 2.25. The second-order valence-electron chi connectivity index (χ2n) is 4.03. The molecule has 2 heterocycles. The second kappa shape index (κ2) is 4.75. The number of carbonyl (C=O) groups excluding carboxylic acids is 1. The van der Waals surface area contributed by atoms with Crippen LogP contribution in [-0.4, -0.2) is 40.8 Å². The van der Waals surface area contributed by atoms with Crippen molar-refractivity contribution in [2.75, 3.05) is 20.1 Å². The molecule has 0 saturated carbocycles. The first kappa shape index (κ1) is 11.9. The predicted octanol–water partition coefficient (Wildman–Crippen LogP) is 1.52. The lowest BCUT2D eigenvalue weighted by atomic mass is 10.2. The van der Waals surface area contributed by atoms with Crippen LogP contribution in [0.2, 0.25) is 5.02 Å². The van der Waals surface area contributed by atoms with Gasteiger partial charge in [0.2, 0.25) is 0 Å². The Kier molecular flexibility index (Phi) is 3.33. The zero-order chi connectivity index (χ0) is 12.4. The third kappa shape index (κ3) is 2.42. The van der Waals surface area contributed by atoms with Crippen molar-refractivity contribution in [3.63, 3.8) is 0 Å². The van der Waals surface area contributed by atoms with Gasteiger partial charge < -0.3 is 9.80 Å². The first-order chi connectivity index (χ1) is 8.09. The Bertz CT molecular complexity index is 461. The fraction of sp³-hybridized carbons (Fsp3) is 0.333. The van der Waals surface area contributed by atoms with Crippen LogP contribution in [-0.2, 0) is 11.3 Å². The van der Waals surface area contributed by atoms with Crippen molar-refractivity contribution in [2.45, 2.75) is 6.54 Å². The van der Waals surface area contributed by atoms with Gasteiger partial charge in [-0.1, -0.05) is 18.2 Å². The molecule has 0 spiro atoms. The second-order valence-corrected chi connectivity index (χ2v) is 4.43. The number of hydrogen-bond donors (Lipinski definition) is 0. The summed E-state index contributed by atoms with van der Waals surface area (Å²) < 4.78 is 0. The number of likely N-dealkylation sites (N-methyl/N-ethyl adjacent to an activating group) is 1. The third-order valence-electron chi connectivity index (χ3n) is 2.88. The van der Waals surface area contributed by atoms with Gasteiger partial charge in [-0.15, -0.1) is 0 Å². The Morgan fingerprint density at radius 1 is 1.53 bits per heavy atom. The summed E-state index contributed by atoms with van der Waals surface area (Å²) in [6.45, 7) is 5.66. The zero-order valence-corrected chi connectivity index (χ0v) is 10.4. The Morgan fingerprint density at radius 2 is 2.29 bits per heavy atom. The lowest BCUT2D eigenvalue weighted by Gasteiger charge is -2.34. The largest absolute Gasteiger partial charge is 0.369 e. The molecule has 17 heavy (non-hydrogen) atoms. The lowest BCUT2D eigenvalue weighted by Crippen LogP contribution is -2.46. The SMILES string of the molecule is C=C1C(=O)N(Cc2ncccc2Cl)CCN1C. The molecule has 1 aliphatic rings. The van der Waals surface area contributed by atoms with Crippen molar-refractivity contribution in [3.05, 3.63) is 41.3 Å². The highest BCUT2D eigenvalue weighted by atomic mass is 35.5. The third-order valence-corrected chi connectivity index (χ3v) is 3.22. The van der Waals surface area contributed by atoms with Crippen LogP contribution >= 0.6 is 11.6 Å². The van der Waals surface area contributed by atoms with Gasteiger partial charge in [-0.2, -0.15) is 0 Å². The minimum atomic E-state index is -0.0551. The summed E-state index contributed by atoms with van der Waals surface area (Å²) >= 11 is 6.02. The van der Waals surface area contributed by atoms with Crippen molar-refractivity contribution in [1.29, 1.82) is 0 Å². The molecule has 0 bridgehead atoms. The molecule has 5 heteroatoms. The van der Waals surface area contributed by atoms with Crippen LogP contribution in [0.1, 0.15) is 5.69 Å². The summed E-state index contributed by atoms with van der Waals surface area (Å²) in [5.74, 6) is -0.0551. The quantitative estimate of drug-likeness (QED) is 0.748. The van der Waals surface area contributed by atoms with E-state index >= 15 is 0 Å². The normalized spacial score (nSPS) is 16.6. The lowest BCUT2D eigenvalue weighted by molar-refractivity contribution is -0.131. The molecule has 0 unspecified atom stereocenters. The maximum absolute atomic E-state index is 12.0. The number of rotatable bonds is 2. The van der Waals surface area contributed by atoms with E-state index in [4.69, 9.17) is 11.6 Å². The topological polar surface area (TPSA) is 36.4 Å². The van der Waals surface area contributed by atoms with Gasteiger partial charge in [0.25, 0.3) is 5.91 Å². The summed E-state index contributed by atoms with van der Waals surface area (Å²) in [6.07, 6.45) is 1.68. The molecule has 0 N–H and O–H groups in total. The highest BCUT2D eigenvalue weighted by Crippen LogP contribution is 2.18. The number of hydrogen-bond acceptors (Lipinski definition) is 3. The van der Waals surface area contributed by atoms with Crippen molar-refractivity contribution >= 4 is 17.5 Å². The number of carbonyl (C=O) groups is 1. The van der Waals surface area contributed by atoms with Crippen LogP contribution in [0, 0.1) is 0 Å². The molecule has 0 atom stereocenters. The van der Waals surface area contributed by atoms with Crippen molar-refractivity contribution < 1.29 is 4.79 Å². The van der Waals surface area contributed by atoms with Gasteiger partial charge in [-0.05, 0) is 12.1 Å². The van der Waals surface area contributed by atoms with Crippen LogP contribution in [0.4, 0.5) is 0 Å². The number of halogens is 1. The van der Waals surface area contributed by atoms with E-state index in [1.165, 1.54) is 0 Å². The number of nitrogens with zero attached hydrogens (tertiary/aromatic N) is 3. The van der Waals surface area contributed by atoms with Gasteiger partial charge in [0.05, 0.1) is 23.0 Å². The van der Waals surface area contributed by atoms with Gasteiger partial charge in [0.15, 0.2) is 0 Å².